The molecular weight excluding hydrogens is 420 g/mol. The number of hydrogen-bond donors (Lipinski definition) is 2. The Hall–Kier alpha value is -3.84. The van der Waals surface area contributed by atoms with E-state index in [4.69, 9.17) is 21.1 Å². The number of ether oxygens (including phenoxy) is 2. The van der Waals surface area contributed by atoms with Gasteiger partial charge in [0.15, 0.2) is 6.61 Å². The second-order valence-electron chi connectivity index (χ2n) is 6.34. The Labute approximate surface area is 183 Å². The first-order chi connectivity index (χ1) is 15.0. The number of anilines is 2. The maximum absolute atomic E-state index is 12.6. The fraction of sp³-hybridized carbons (Fsp3) is 0.0870. The first-order valence-corrected chi connectivity index (χ1v) is 9.61. The Morgan fingerprint density at radius 1 is 0.903 bits per heavy atom. The van der Waals surface area contributed by atoms with Gasteiger partial charge in [-0.3, -0.25) is 9.59 Å². The first kappa shape index (κ1) is 21.9. The van der Waals surface area contributed by atoms with Crippen LogP contribution in [0.1, 0.15) is 20.7 Å². The van der Waals surface area contributed by atoms with E-state index in [9.17, 15) is 14.4 Å². The number of carbonyl (C=O) groups is 3. The first-order valence-electron chi connectivity index (χ1n) is 9.24. The predicted molar refractivity (Wildman–Crippen MR) is 118 cm³/mol. The summed E-state index contributed by atoms with van der Waals surface area (Å²) in [4.78, 5) is 36.7. The van der Waals surface area contributed by atoms with E-state index in [1.807, 2.05) is 0 Å². The summed E-state index contributed by atoms with van der Waals surface area (Å²) in [6.45, 7) is -0.243. The molecule has 0 spiro atoms. The number of benzene rings is 3. The van der Waals surface area contributed by atoms with Crippen molar-refractivity contribution in [3.63, 3.8) is 0 Å². The maximum Gasteiger partial charge on any atom is 0.339 e. The van der Waals surface area contributed by atoms with Gasteiger partial charge < -0.3 is 20.1 Å². The van der Waals surface area contributed by atoms with E-state index in [0.717, 1.165) is 0 Å². The fourth-order valence-corrected chi connectivity index (χ4v) is 2.91. The number of halogens is 1. The summed E-state index contributed by atoms with van der Waals surface area (Å²) in [5.74, 6) is -1.01. The average Bonchev–Trinajstić information content (AvgIpc) is 2.78. The topological polar surface area (TPSA) is 93.7 Å². The van der Waals surface area contributed by atoms with Gasteiger partial charge in [0.2, 0.25) is 0 Å². The molecule has 0 fully saturated rings. The molecule has 2 N–H and O–H groups in total. The molecule has 3 aromatic rings. The van der Waals surface area contributed by atoms with Gasteiger partial charge in [0.25, 0.3) is 11.8 Å². The standard InChI is InChI=1S/C23H19ClN2O5/c1-30-23(29)17-9-2-4-11-19(17)26-22(28)15-7-6-8-16(13-15)25-21(27)14-31-20-12-5-3-10-18(20)24/h2-13H,14H2,1H3,(H,25,27)(H,26,28). The van der Waals surface area contributed by atoms with Crippen molar-refractivity contribution < 1.29 is 23.9 Å². The second kappa shape index (κ2) is 10.3. The van der Waals surface area contributed by atoms with Crippen LogP contribution in [0.4, 0.5) is 11.4 Å². The fourth-order valence-electron chi connectivity index (χ4n) is 2.71. The Morgan fingerprint density at radius 2 is 1.65 bits per heavy atom. The van der Waals surface area contributed by atoms with E-state index in [1.54, 1.807) is 66.7 Å². The van der Waals surface area contributed by atoms with Gasteiger partial charge in [-0.1, -0.05) is 41.9 Å². The largest absolute Gasteiger partial charge is 0.482 e. The lowest BCUT2D eigenvalue weighted by Crippen LogP contribution is -2.21. The minimum absolute atomic E-state index is 0.236. The third-order valence-electron chi connectivity index (χ3n) is 4.18. The number of amides is 2. The molecule has 0 aromatic heterocycles. The average molecular weight is 439 g/mol. The summed E-state index contributed by atoms with van der Waals surface area (Å²) < 4.78 is 10.1. The summed E-state index contributed by atoms with van der Waals surface area (Å²) in [5, 5.41) is 5.76. The van der Waals surface area contributed by atoms with E-state index in [0.29, 0.717) is 27.7 Å². The molecule has 0 heterocycles. The van der Waals surface area contributed by atoms with Crippen LogP contribution in [0, 0.1) is 0 Å². The molecule has 0 aliphatic heterocycles. The molecule has 0 radical (unpaired) electrons. The van der Waals surface area contributed by atoms with Gasteiger partial charge in [-0.2, -0.15) is 0 Å². The number of nitrogens with one attached hydrogen (secondary N) is 2. The highest BCUT2D eigenvalue weighted by molar-refractivity contribution is 6.32. The number of para-hydroxylation sites is 2. The maximum atomic E-state index is 12.6. The van der Waals surface area contributed by atoms with Crippen LogP contribution >= 0.6 is 11.6 Å². The third kappa shape index (κ3) is 5.83. The van der Waals surface area contributed by atoms with Crippen molar-refractivity contribution in [2.24, 2.45) is 0 Å². The molecule has 0 aliphatic carbocycles. The molecule has 158 valence electrons. The van der Waals surface area contributed by atoms with Crippen LogP contribution in [-0.2, 0) is 9.53 Å². The van der Waals surface area contributed by atoms with Crippen molar-refractivity contribution >= 4 is 40.8 Å². The highest BCUT2D eigenvalue weighted by atomic mass is 35.5. The Morgan fingerprint density at radius 3 is 2.42 bits per heavy atom. The van der Waals surface area contributed by atoms with Crippen molar-refractivity contribution in [3.8, 4) is 5.75 Å². The molecule has 3 aromatic carbocycles. The van der Waals surface area contributed by atoms with E-state index in [-0.39, 0.29) is 12.2 Å². The zero-order valence-corrected chi connectivity index (χ0v) is 17.3. The predicted octanol–water partition coefficient (Wildman–Crippen LogP) is 4.40. The van der Waals surface area contributed by atoms with Crippen molar-refractivity contribution in [1.82, 2.24) is 0 Å². The van der Waals surface area contributed by atoms with Gasteiger partial charge in [-0.15, -0.1) is 0 Å². The van der Waals surface area contributed by atoms with Crippen LogP contribution < -0.4 is 15.4 Å². The lowest BCUT2D eigenvalue weighted by molar-refractivity contribution is -0.118. The molecule has 7 nitrogen and oxygen atoms in total. The van der Waals surface area contributed by atoms with Gasteiger partial charge in [-0.25, -0.2) is 4.79 Å². The van der Waals surface area contributed by atoms with Crippen LogP contribution in [0.15, 0.2) is 72.8 Å². The lowest BCUT2D eigenvalue weighted by Gasteiger charge is -2.11. The van der Waals surface area contributed by atoms with Crippen LogP contribution in [0.5, 0.6) is 5.75 Å². The van der Waals surface area contributed by atoms with E-state index >= 15 is 0 Å². The van der Waals surface area contributed by atoms with Crippen molar-refractivity contribution in [2.75, 3.05) is 24.4 Å². The Balaban J connectivity index is 1.65. The molecule has 0 unspecified atom stereocenters. The lowest BCUT2D eigenvalue weighted by atomic mass is 10.1. The second-order valence-corrected chi connectivity index (χ2v) is 6.75. The van der Waals surface area contributed by atoms with Gasteiger partial charge >= 0.3 is 5.97 Å². The summed E-state index contributed by atoms with van der Waals surface area (Å²) in [7, 11) is 1.27. The van der Waals surface area contributed by atoms with Crippen molar-refractivity contribution in [2.45, 2.75) is 0 Å². The van der Waals surface area contributed by atoms with Crippen LogP contribution in [0.2, 0.25) is 5.02 Å². The van der Waals surface area contributed by atoms with Gasteiger partial charge in [0.1, 0.15) is 5.75 Å². The molecule has 0 saturated heterocycles. The number of esters is 1. The highest BCUT2D eigenvalue weighted by Crippen LogP contribution is 2.23. The Kier molecular flexibility index (Phi) is 7.24. The molecular formula is C23H19ClN2O5. The zero-order chi connectivity index (χ0) is 22.2. The quantitative estimate of drug-likeness (QED) is 0.533. The summed E-state index contributed by atoms with van der Waals surface area (Å²) in [5.41, 5.74) is 1.27. The third-order valence-corrected chi connectivity index (χ3v) is 4.50. The van der Waals surface area contributed by atoms with Gasteiger partial charge in [0.05, 0.1) is 23.4 Å². The van der Waals surface area contributed by atoms with Crippen LogP contribution in [0.3, 0.4) is 0 Å². The molecule has 0 aliphatic rings. The normalized spacial score (nSPS) is 10.1. The SMILES string of the molecule is COC(=O)c1ccccc1NC(=O)c1cccc(NC(=O)COc2ccccc2Cl)c1. The minimum atomic E-state index is -0.560. The Bertz CT molecular complexity index is 1120. The summed E-state index contributed by atoms with van der Waals surface area (Å²) in [6.07, 6.45) is 0. The number of hydrogen-bond acceptors (Lipinski definition) is 5. The molecule has 8 heteroatoms. The van der Waals surface area contributed by atoms with E-state index < -0.39 is 17.8 Å². The van der Waals surface area contributed by atoms with Crippen LogP contribution in [-0.4, -0.2) is 31.5 Å². The molecule has 0 saturated carbocycles. The van der Waals surface area contributed by atoms with Crippen LogP contribution in [0.25, 0.3) is 0 Å². The van der Waals surface area contributed by atoms with E-state index in [2.05, 4.69) is 10.6 Å². The highest BCUT2D eigenvalue weighted by Gasteiger charge is 2.15. The van der Waals surface area contributed by atoms with Gasteiger partial charge in [-0.05, 0) is 42.5 Å². The molecule has 31 heavy (non-hydrogen) atoms. The number of carbonyl (C=O) groups excluding carboxylic acids is 3. The molecule has 2 amide bonds. The number of methoxy groups -OCH3 is 1. The summed E-state index contributed by atoms with van der Waals surface area (Å²) in [6, 6.07) is 19.7. The molecule has 0 atom stereocenters. The summed E-state index contributed by atoms with van der Waals surface area (Å²) >= 11 is 6.00. The van der Waals surface area contributed by atoms with Gasteiger partial charge in [0, 0.05) is 11.3 Å². The number of rotatable bonds is 7. The van der Waals surface area contributed by atoms with Crippen molar-refractivity contribution in [1.29, 1.82) is 0 Å². The smallest absolute Gasteiger partial charge is 0.339 e. The van der Waals surface area contributed by atoms with E-state index in [1.165, 1.54) is 13.2 Å². The minimum Gasteiger partial charge on any atom is -0.482 e. The van der Waals surface area contributed by atoms with Crippen molar-refractivity contribution in [3.05, 3.63) is 88.9 Å². The monoisotopic (exact) mass is 438 g/mol. The molecule has 3 rings (SSSR count). The molecule has 0 bridgehead atoms. The zero-order valence-electron chi connectivity index (χ0n) is 16.6.